The second-order valence-corrected chi connectivity index (χ2v) is 6.97. The molecule has 2 heterocycles. The number of benzene rings is 2. The van der Waals surface area contributed by atoms with Crippen LogP contribution in [-0.2, 0) is 13.0 Å². The molecule has 1 unspecified atom stereocenters. The first kappa shape index (κ1) is 15.5. The van der Waals surface area contributed by atoms with Crippen molar-refractivity contribution >= 4 is 32.6 Å². The van der Waals surface area contributed by atoms with Crippen LogP contribution in [-0.4, -0.2) is 17.8 Å². The van der Waals surface area contributed by atoms with Crippen molar-refractivity contribution in [1.82, 2.24) is 0 Å². The summed E-state index contributed by atoms with van der Waals surface area (Å²) < 4.78 is 12.4. The molecule has 2 N–H and O–H groups in total. The van der Waals surface area contributed by atoms with E-state index >= 15 is 0 Å². The number of rotatable bonds is 3. The Morgan fingerprint density at radius 3 is 2.96 bits per heavy atom. The Morgan fingerprint density at radius 1 is 1.17 bits per heavy atom. The molecule has 0 fully saturated rings. The molecule has 0 bridgehead atoms. The fraction of sp³-hybridized carbons (Fsp3) is 0.263. The minimum Gasteiger partial charge on any atom is -0.493 e. The molecule has 1 aliphatic heterocycles. The standard InChI is InChI=1S/C19H18BrNO3/c20-14-2-1-12-7-16(5-6-23-19(12)10-14)21-15-3-4-18-13(8-15)9-17(11-22)24-18/h1-4,8-10,16,21-22H,5-7,11H2. The van der Waals surface area contributed by atoms with E-state index in [4.69, 9.17) is 9.15 Å². The number of ether oxygens (including phenoxy) is 1. The third-order valence-corrected chi connectivity index (χ3v) is 4.81. The monoisotopic (exact) mass is 387 g/mol. The average Bonchev–Trinajstić information content (AvgIpc) is 2.89. The van der Waals surface area contributed by atoms with Crippen LogP contribution >= 0.6 is 15.9 Å². The molecule has 124 valence electrons. The summed E-state index contributed by atoms with van der Waals surface area (Å²) in [6, 6.07) is 14.4. The maximum Gasteiger partial charge on any atom is 0.134 e. The van der Waals surface area contributed by atoms with Crippen molar-refractivity contribution < 1.29 is 14.3 Å². The molecule has 0 aliphatic carbocycles. The third kappa shape index (κ3) is 3.14. The Hall–Kier alpha value is -1.98. The van der Waals surface area contributed by atoms with Gasteiger partial charge >= 0.3 is 0 Å². The van der Waals surface area contributed by atoms with Crippen LogP contribution in [0.25, 0.3) is 11.0 Å². The maximum absolute atomic E-state index is 9.19. The van der Waals surface area contributed by atoms with Crippen molar-refractivity contribution in [2.24, 2.45) is 0 Å². The van der Waals surface area contributed by atoms with Gasteiger partial charge in [0.1, 0.15) is 23.7 Å². The molecule has 1 aliphatic rings. The van der Waals surface area contributed by atoms with Gasteiger partial charge in [-0.2, -0.15) is 0 Å². The zero-order chi connectivity index (χ0) is 16.5. The van der Waals surface area contributed by atoms with E-state index < -0.39 is 0 Å². The molecule has 5 heteroatoms. The molecule has 0 amide bonds. The molecule has 1 atom stereocenters. The second kappa shape index (κ2) is 6.49. The zero-order valence-corrected chi connectivity index (χ0v) is 14.7. The van der Waals surface area contributed by atoms with Crippen LogP contribution in [0, 0.1) is 0 Å². The largest absolute Gasteiger partial charge is 0.493 e. The number of anilines is 1. The Kier molecular flexibility index (Phi) is 4.21. The first-order valence-electron chi connectivity index (χ1n) is 8.02. The van der Waals surface area contributed by atoms with Crippen LogP contribution in [0.4, 0.5) is 5.69 Å². The molecule has 0 spiro atoms. The van der Waals surface area contributed by atoms with Gasteiger partial charge < -0.3 is 19.6 Å². The van der Waals surface area contributed by atoms with E-state index in [9.17, 15) is 5.11 Å². The summed E-state index contributed by atoms with van der Waals surface area (Å²) in [6.45, 7) is 0.619. The first-order chi connectivity index (χ1) is 11.7. The van der Waals surface area contributed by atoms with Crippen LogP contribution in [0.2, 0.25) is 0 Å². The van der Waals surface area contributed by atoms with Crippen LogP contribution in [0.1, 0.15) is 17.7 Å². The number of halogens is 1. The summed E-state index contributed by atoms with van der Waals surface area (Å²) in [4.78, 5) is 0. The highest BCUT2D eigenvalue weighted by Crippen LogP contribution is 2.29. The van der Waals surface area contributed by atoms with Crippen LogP contribution in [0.15, 0.2) is 51.4 Å². The van der Waals surface area contributed by atoms with Gasteiger partial charge in [0, 0.05) is 28.0 Å². The van der Waals surface area contributed by atoms with Gasteiger partial charge in [-0.1, -0.05) is 22.0 Å². The second-order valence-electron chi connectivity index (χ2n) is 6.06. The van der Waals surface area contributed by atoms with Crippen molar-refractivity contribution in [3.05, 3.63) is 58.3 Å². The highest BCUT2D eigenvalue weighted by atomic mass is 79.9. The lowest BCUT2D eigenvalue weighted by Gasteiger charge is -2.17. The predicted octanol–water partition coefficient (Wildman–Crippen LogP) is 4.49. The Balaban J connectivity index is 1.55. The third-order valence-electron chi connectivity index (χ3n) is 4.31. The Labute approximate surface area is 148 Å². The predicted molar refractivity (Wildman–Crippen MR) is 97.5 cm³/mol. The molecule has 24 heavy (non-hydrogen) atoms. The number of fused-ring (bicyclic) bond motifs is 2. The normalized spacial score (nSPS) is 17.2. The number of furan rings is 1. The van der Waals surface area contributed by atoms with Crippen molar-refractivity contribution in [2.45, 2.75) is 25.5 Å². The van der Waals surface area contributed by atoms with Crippen LogP contribution in [0.5, 0.6) is 5.75 Å². The number of hydrogen-bond acceptors (Lipinski definition) is 4. The van der Waals surface area contributed by atoms with E-state index in [1.807, 2.05) is 24.3 Å². The molecular weight excluding hydrogens is 370 g/mol. The Bertz CT molecular complexity index is 874. The van der Waals surface area contributed by atoms with Gasteiger partial charge in [0.25, 0.3) is 0 Å². The number of aliphatic hydroxyl groups excluding tert-OH is 1. The van der Waals surface area contributed by atoms with Gasteiger partial charge in [-0.3, -0.25) is 0 Å². The fourth-order valence-electron chi connectivity index (χ4n) is 3.13. The van der Waals surface area contributed by atoms with Crippen molar-refractivity contribution in [3.63, 3.8) is 0 Å². The van der Waals surface area contributed by atoms with E-state index in [1.54, 1.807) is 0 Å². The summed E-state index contributed by atoms with van der Waals surface area (Å²) in [6.07, 6.45) is 1.87. The fourth-order valence-corrected chi connectivity index (χ4v) is 3.48. The number of nitrogens with one attached hydrogen (secondary N) is 1. The highest BCUT2D eigenvalue weighted by molar-refractivity contribution is 9.10. The lowest BCUT2D eigenvalue weighted by Crippen LogP contribution is -2.22. The summed E-state index contributed by atoms with van der Waals surface area (Å²) in [5, 5.41) is 13.8. The van der Waals surface area contributed by atoms with Gasteiger partial charge in [-0.05, 0) is 48.4 Å². The summed E-state index contributed by atoms with van der Waals surface area (Å²) >= 11 is 3.49. The lowest BCUT2D eigenvalue weighted by molar-refractivity contribution is 0.251. The van der Waals surface area contributed by atoms with E-state index in [-0.39, 0.29) is 6.61 Å². The maximum atomic E-state index is 9.19. The van der Waals surface area contributed by atoms with E-state index in [2.05, 4.69) is 39.4 Å². The van der Waals surface area contributed by atoms with Gasteiger partial charge in [-0.25, -0.2) is 0 Å². The molecule has 4 rings (SSSR count). The van der Waals surface area contributed by atoms with Crippen molar-refractivity contribution in [1.29, 1.82) is 0 Å². The molecular formula is C19H18BrNO3. The molecule has 0 saturated heterocycles. The van der Waals surface area contributed by atoms with E-state index in [0.29, 0.717) is 18.4 Å². The van der Waals surface area contributed by atoms with Gasteiger partial charge in [0.2, 0.25) is 0 Å². The summed E-state index contributed by atoms with van der Waals surface area (Å²) in [5.74, 6) is 1.55. The quantitative estimate of drug-likeness (QED) is 0.694. The van der Waals surface area contributed by atoms with Crippen LogP contribution < -0.4 is 10.1 Å². The topological polar surface area (TPSA) is 54.6 Å². The van der Waals surface area contributed by atoms with Gasteiger partial charge in [-0.15, -0.1) is 0 Å². The number of hydrogen-bond donors (Lipinski definition) is 2. The molecule has 1 aromatic heterocycles. The summed E-state index contributed by atoms with van der Waals surface area (Å²) in [7, 11) is 0. The van der Waals surface area contributed by atoms with Crippen LogP contribution in [0.3, 0.4) is 0 Å². The van der Waals surface area contributed by atoms with Crippen molar-refractivity contribution in [3.8, 4) is 5.75 Å². The molecule has 2 aromatic carbocycles. The first-order valence-corrected chi connectivity index (χ1v) is 8.81. The average molecular weight is 388 g/mol. The lowest BCUT2D eigenvalue weighted by atomic mass is 10.0. The van der Waals surface area contributed by atoms with Gasteiger partial charge in [0.15, 0.2) is 0 Å². The highest BCUT2D eigenvalue weighted by Gasteiger charge is 2.18. The molecule has 3 aromatic rings. The van der Waals surface area contributed by atoms with E-state index in [1.165, 1.54) is 5.56 Å². The smallest absolute Gasteiger partial charge is 0.134 e. The molecule has 0 saturated carbocycles. The molecule has 4 nitrogen and oxygen atoms in total. The van der Waals surface area contributed by atoms with Gasteiger partial charge in [0.05, 0.1) is 6.61 Å². The minimum absolute atomic E-state index is 0.0796. The van der Waals surface area contributed by atoms with Crippen molar-refractivity contribution in [2.75, 3.05) is 11.9 Å². The minimum atomic E-state index is -0.0796. The zero-order valence-electron chi connectivity index (χ0n) is 13.1. The number of aliphatic hydroxyl groups is 1. The SMILES string of the molecule is OCc1cc2cc(NC3CCOc4cc(Br)ccc4C3)ccc2o1. The molecule has 0 radical (unpaired) electrons. The van der Waals surface area contributed by atoms with E-state index in [0.717, 1.165) is 39.7 Å². The summed E-state index contributed by atoms with van der Waals surface area (Å²) in [5.41, 5.74) is 3.07. The Morgan fingerprint density at radius 2 is 2.08 bits per heavy atom.